The van der Waals surface area contributed by atoms with Crippen LogP contribution in [0.3, 0.4) is 0 Å². The Morgan fingerprint density at radius 2 is 1.97 bits per heavy atom. The average molecular weight is 410 g/mol. The topological polar surface area (TPSA) is 111 Å². The third kappa shape index (κ3) is 4.32. The molecule has 0 amide bonds. The number of aromatic amines is 1. The molecule has 0 saturated heterocycles. The predicted molar refractivity (Wildman–Crippen MR) is 109 cm³/mol. The zero-order valence-electron chi connectivity index (χ0n) is 17.1. The summed E-state index contributed by atoms with van der Waals surface area (Å²) >= 11 is 0. The van der Waals surface area contributed by atoms with Crippen molar-refractivity contribution in [2.24, 2.45) is 0 Å². The summed E-state index contributed by atoms with van der Waals surface area (Å²) in [4.78, 5) is 44.0. The minimum absolute atomic E-state index is 0.207. The number of Topliss-reactive ketones (excluding diaryl/α,β-unsaturated/α-hetero) is 1. The first kappa shape index (κ1) is 21.0. The quantitative estimate of drug-likeness (QED) is 0.358. The van der Waals surface area contributed by atoms with Gasteiger partial charge in [-0.2, -0.15) is 0 Å². The maximum Gasteiger partial charge on any atom is 0.340 e. The van der Waals surface area contributed by atoms with E-state index in [1.807, 2.05) is 12.1 Å². The molecule has 0 aliphatic carbocycles. The lowest BCUT2D eigenvalue weighted by atomic mass is 10.1. The number of ketones is 1. The molecule has 30 heavy (non-hydrogen) atoms. The fraction of sp³-hybridized carbons (Fsp3) is 0.273. The Balaban J connectivity index is 1.68. The van der Waals surface area contributed by atoms with E-state index in [4.69, 9.17) is 13.9 Å². The lowest BCUT2D eigenvalue weighted by Crippen LogP contribution is -2.24. The number of nitrogens with zero attached hydrogens (tertiary/aromatic N) is 1. The Hall–Kier alpha value is -3.68. The lowest BCUT2D eigenvalue weighted by Gasteiger charge is -2.10. The molecule has 1 N–H and O–H groups in total. The van der Waals surface area contributed by atoms with Gasteiger partial charge < -0.3 is 18.9 Å². The highest BCUT2D eigenvalue weighted by atomic mass is 16.5. The summed E-state index contributed by atoms with van der Waals surface area (Å²) in [6.07, 6.45) is 1.46. The van der Waals surface area contributed by atoms with Gasteiger partial charge in [-0.15, -0.1) is 0 Å². The number of rotatable bonds is 7. The van der Waals surface area contributed by atoms with E-state index in [1.54, 1.807) is 32.9 Å². The largest absolute Gasteiger partial charge is 0.462 e. The summed E-state index contributed by atoms with van der Waals surface area (Å²) in [5.74, 6) is -1.42. The first-order valence-electron chi connectivity index (χ1n) is 9.46. The van der Waals surface area contributed by atoms with Crippen LogP contribution in [-0.2, 0) is 14.3 Å². The fourth-order valence-corrected chi connectivity index (χ4v) is 3.08. The van der Waals surface area contributed by atoms with E-state index in [1.165, 1.54) is 13.0 Å². The number of para-hydroxylation sites is 2. The Labute approximate surface area is 172 Å². The molecule has 0 unspecified atom stereocenters. The van der Waals surface area contributed by atoms with Crippen molar-refractivity contribution >= 4 is 34.9 Å². The van der Waals surface area contributed by atoms with Crippen LogP contribution < -0.4 is 0 Å². The number of hydrogen-bond acceptors (Lipinski definition) is 7. The van der Waals surface area contributed by atoms with Gasteiger partial charge in [-0.05, 0) is 45.4 Å². The first-order chi connectivity index (χ1) is 14.3. The van der Waals surface area contributed by atoms with Crippen molar-refractivity contribution in [3.05, 3.63) is 58.7 Å². The molecule has 0 aliphatic heterocycles. The number of hydrogen-bond donors (Lipinski definition) is 1. The highest BCUT2D eigenvalue weighted by molar-refractivity contribution is 6.04. The number of nitrogens with one attached hydrogen (secondary N) is 1. The normalized spacial score (nSPS) is 12.3. The molecule has 0 aliphatic rings. The molecule has 1 aromatic carbocycles. The van der Waals surface area contributed by atoms with Gasteiger partial charge in [-0.1, -0.05) is 12.1 Å². The molecule has 3 rings (SSSR count). The Kier molecular flexibility index (Phi) is 6.15. The van der Waals surface area contributed by atoms with Gasteiger partial charge in [0.1, 0.15) is 5.52 Å². The van der Waals surface area contributed by atoms with E-state index in [-0.39, 0.29) is 18.2 Å². The van der Waals surface area contributed by atoms with Gasteiger partial charge in [0.15, 0.2) is 11.7 Å². The smallest absolute Gasteiger partial charge is 0.340 e. The van der Waals surface area contributed by atoms with Gasteiger partial charge in [0, 0.05) is 17.8 Å². The van der Waals surface area contributed by atoms with Gasteiger partial charge in [0.05, 0.1) is 17.9 Å². The molecule has 2 aromatic heterocycles. The third-order valence-corrected chi connectivity index (χ3v) is 4.50. The number of ether oxygens (including phenoxy) is 2. The second-order valence-corrected chi connectivity index (χ2v) is 6.64. The van der Waals surface area contributed by atoms with Crippen LogP contribution in [0.5, 0.6) is 0 Å². The molecule has 2 heterocycles. The molecule has 0 spiro atoms. The van der Waals surface area contributed by atoms with Crippen molar-refractivity contribution in [3.63, 3.8) is 0 Å². The monoisotopic (exact) mass is 410 g/mol. The number of carbonyl (C=O) groups is 3. The number of fused-ring (bicyclic) bond motifs is 1. The number of oxazole rings is 1. The molecular formula is C22H22N2O6. The van der Waals surface area contributed by atoms with Gasteiger partial charge in [0.25, 0.3) is 0 Å². The highest BCUT2D eigenvalue weighted by Crippen LogP contribution is 2.21. The van der Waals surface area contributed by atoms with Crippen LogP contribution in [0.25, 0.3) is 17.2 Å². The van der Waals surface area contributed by atoms with Crippen molar-refractivity contribution < 1.29 is 28.3 Å². The summed E-state index contributed by atoms with van der Waals surface area (Å²) < 4.78 is 15.7. The lowest BCUT2D eigenvalue weighted by molar-refractivity contribution is -0.140. The first-order valence-corrected chi connectivity index (χ1v) is 9.46. The molecule has 0 fully saturated rings. The average Bonchev–Trinajstić information content (AvgIpc) is 3.25. The van der Waals surface area contributed by atoms with Gasteiger partial charge >= 0.3 is 11.9 Å². The zero-order valence-corrected chi connectivity index (χ0v) is 17.1. The Bertz CT molecular complexity index is 1100. The van der Waals surface area contributed by atoms with Crippen molar-refractivity contribution in [2.45, 2.75) is 33.8 Å². The van der Waals surface area contributed by atoms with E-state index in [2.05, 4.69) is 9.97 Å². The number of carbonyl (C=O) groups excluding carboxylic acids is 3. The number of H-pyrrole nitrogens is 1. The summed E-state index contributed by atoms with van der Waals surface area (Å²) in [6.45, 7) is 6.72. The van der Waals surface area contributed by atoms with Crippen LogP contribution in [-0.4, -0.2) is 40.4 Å². The number of aromatic nitrogens is 2. The number of esters is 2. The molecule has 1 atom stereocenters. The van der Waals surface area contributed by atoms with Crippen LogP contribution in [0.4, 0.5) is 0 Å². The van der Waals surface area contributed by atoms with E-state index >= 15 is 0 Å². The van der Waals surface area contributed by atoms with E-state index in [0.29, 0.717) is 27.9 Å². The zero-order chi connectivity index (χ0) is 21.8. The number of aryl methyl sites for hydroxylation is 1. The van der Waals surface area contributed by atoms with Crippen LogP contribution in [0.1, 0.15) is 51.8 Å². The minimum atomic E-state index is -1.06. The van der Waals surface area contributed by atoms with Crippen molar-refractivity contribution in [1.29, 1.82) is 0 Å². The molecule has 3 aromatic rings. The standard InChI is InChI=1S/C22H22N2O6/c1-5-28-22(27)19-12(2)20(23-13(19)3)21(26)14(4)29-18(25)11-10-17-24-15-8-6-7-9-16(15)30-17/h6-11,14,23H,5H2,1-4H3/b11-10+/t14-/m0/s1. The van der Waals surface area contributed by atoms with Gasteiger partial charge in [-0.25, -0.2) is 14.6 Å². The van der Waals surface area contributed by atoms with Crippen LogP contribution in [0, 0.1) is 13.8 Å². The summed E-state index contributed by atoms with van der Waals surface area (Å²) in [5, 5.41) is 0. The summed E-state index contributed by atoms with van der Waals surface area (Å²) in [5.41, 5.74) is 2.77. The second kappa shape index (κ2) is 8.77. The molecule has 8 heteroatoms. The Morgan fingerprint density at radius 3 is 2.67 bits per heavy atom. The molecule has 8 nitrogen and oxygen atoms in total. The van der Waals surface area contributed by atoms with Crippen LogP contribution >= 0.6 is 0 Å². The van der Waals surface area contributed by atoms with Crippen molar-refractivity contribution in [1.82, 2.24) is 9.97 Å². The third-order valence-electron chi connectivity index (χ3n) is 4.50. The maximum absolute atomic E-state index is 12.7. The molecule has 0 saturated carbocycles. The maximum atomic E-state index is 12.7. The van der Waals surface area contributed by atoms with Crippen molar-refractivity contribution in [3.8, 4) is 0 Å². The minimum Gasteiger partial charge on any atom is -0.462 e. The summed E-state index contributed by atoms with van der Waals surface area (Å²) in [7, 11) is 0. The van der Waals surface area contributed by atoms with E-state index in [9.17, 15) is 14.4 Å². The van der Waals surface area contributed by atoms with Gasteiger partial charge in [-0.3, -0.25) is 4.79 Å². The van der Waals surface area contributed by atoms with E-state index < -0.39 is 23.8 Å². The van der Waals surface area contributed by atoms with E-state index in [0.717, 1.165) is 6.08 Å². The molecule has 156 valence electrons. The molecule has 0 radical (unpaired) electrons. The number of benzene rings is 1. The predicted octanol–water partition coefficient (Wildman–Crippen LogP) is 3.78. The fourth-order valence-electron chi connectivity index (χ4n) is 3.08. The summed E-state index contributed by atoms with van der Waals surface area (Å²) in [6, 6.07) is 7.21. The second-order valence-electron chi connectivity index (χ2n) is 6.64. The van der Waals surface area contributed by atoms with Gasteiger partial charge in [0.2, 0.25) is 11.7 Å². The molecular weight excluding hydrogens is 388 g/mol. The van der Waals surface area contributed by atoms with Crippen LogP contribution in [0.2, 0.25) is 0 Å². The van der Waals surface area contributed by atoms with Crippen molar-refractivity contribution in [2.75, 3.05) is 6.61 Å². The highest BCUT2D eigenvalue weighted by Gasteiger charge is 2.27. The Morgan fingerprint density at radius 1 is 1.23 bits per heavy atom. The molecule has 0 bridgehead atoms. The van der Waals surface area contributed by atoms with Crippen LogP contribution in [0.15, 0.2) is 34.8 Å². The SMILES string of the molecule is CCOC(=O)c1c(C)[nH]c(C(=O)[C@H](C)OC(=O)/C=C/c2nc3ccccc3o2)c1C.